The zero-order chi connectivity index (χ0) is 9.47. The number of ether oxygens (including phenoxy) is 1. The fraction of sp³-hybridized carbons (Fsp3) is 1.00. The highest BCUT2D eigenvalue weighted by atomic mass is 19.3. The highest BCUT2D eigenvalue weighted by Crippen LogP contribution is 2.44. The Labute approximate surface area is 76.9 Å². The third-order valence-corrected chi connectivity index (χ3v) is 3.28. The lowest BCUT2D eigenvalue weighted by Gasteiger charge is -2.52. The van der Waals surface area contributed by atoms with E-state index in [1.807, 2.05) is 7.05 Å². The summed E-state index contributed by atoms with van der Waals surface area (Å²) in [6.45, 7) is 2.59. The second kappa shape index (κ2) is 3.17. The van der Waals surface area contributed by atoms with Crippen LogP contribution in [0.3, 0.4) is 0 Å². The molecule has 2 saturated heterocycles. The van der Waals surface area contributed by atoms with Gasteiger partial charge in [0.25, 0.3) is 0 Å². The second-order valence-corrected chi connectivity index (χ2v) is 4.32. The van der Waals surface area contributed by atoms with Gasteiger partial charge in [0.1, 0.15) is 0 Å². The number of hydrogen-bond acceptors (Lipinski definition) is 2. The topological polar surface area (TPSA) is 12.5 Å². The molecule has 0 aliphatic carbocycles. The molecule has 2 fully saturated rings. The molecule has 1 spiro atoms. The lowest BCUT2D eigenvalue weighted by atomic mass is 9.69. The molecule has 2 aliphatic heterocycles. The molecule has 0 aromatic carbocycles. The van der Waals surface area contributed by atoms with E-state index in [9.17, 15) is 8.78 Å². The summed E-state index contributed by atoms with van der Waals surface area (Å²) in [4.78, 5) is 2.13. The van der Waals surface area contributed by atoms with Crippen molar-refractivity contribution >= 4 is 0 Å². The van der Waals surface area contributed by atoms with Crippen LogP contribution in [-0.2, 0) is 4.74 Å². The van der Waals surface area contributed by atoms with Gasteiger partial charge in [-0.2, -0.15) is 0 Å². The van der Waals surface area contributed by atoms with Gasteiger partial charge in [0.15, 0.2) is 0 Å². The number of piperidine rings is 1. The minimum absolute atomic E-state index is 0.235. The van der Waals surface area contributed by atoms with Crippen LogP contribution >= 0.6 is 0 Å². The highest BCUT2D eigenvalue weighted by molar-refractivity contribution is 4.98. The summed E-state index contributed by atoms with van der Waals surface area (Å²) in [7, 11) is 1.99. The normalized spacial score (nSPS) is 33.7. The number of hydrogen-bond donors (Lipinski definition) is 0. The third-order valence-electron chi connectivity index (χ3n) is 3.28. The Morgan fingerprint density at radius 3 is 2.62 bits per heavy atom. The van der Waals surface area contributed by atoms with Crippen molar-refractivity contribution in [3.05, 3.63) is 0 Å². The van der Waals surface area contributed by atoms with E-state index in [1.165, 1.54) is 0 Å². The minimum Gasteiger partial charge on any atom is -0.380 e. The average Bonchev–Trinajstić information content (AvgIpc) is 2.00. The lowest BCUT2D eigenvalue weighted by molar-refractivity contribution is -0.199. The molecule has 4 heteroatoms. The maximum atomic E-state index is 12.7. The SMILES string of the molecule is CN1CC[C@@H](C(F)F)C2(COC2)C1. The van der Waals surface area contributed by atoms with Gasteiger partial charge in [-0.1, -0.05) is 0 Å². The summed E-state index contributed by atoms with van der Waals surface area (Å²) in [5, 5.41) is 0. The zero-order valence-corrected chi connectivity index (χ0v) is 7.80. The summed E-state index contributed by atoms with van der Waals surface area (Å²) < 4.78 is 30.5. The number of alkyl halides is 2. The van der Waals surface area contributed by atoms with E-state index in [2.05, 4.69) is 4.90 Å². The Morgan fingerprint density at radius 1 is 1.46 bits per heavy atom. The first-order chi connectivity index (χ1) is 6.14. The van der Waals surface area contributed by atoms with Crippen molar-refractivity contribution in [2.24, 2.45) is 11.3 Å². The summed E-state index contributed by atoms with van der Waals surface area (Å²) in [6.07, 6.45) is -1.57. The molecule has 0 aromatic rings. The molecular weight excluding hydrogens is 176 g/mol. The van der Waals surface area contributed by atoms with E-state index in [-0.39, 0.29) is 5.41 Å². The zero-order valence-electron chi connectivity index (χ0n) is 7.80. The van der Waals surface area contributed by atoms with Gasteiger partial charge >= 0.3 is 0 Å². The number of rotatable bonds is 1. The summed E-state index contributed by atoms with van der Waals surface area (Å²) in [5.74, 6) is -0.447. The molecular formula is C9H15F2NO. The lowest BCUT2D eigenvalue weighted by Crippen LogP contribution is -2.60. The van der Waals surface area contributed by atoms with Crippen LogP contribution in [0.25, 0.3) is 0 Å². The van der Waals surface area contributed by atoms with Crippen LogP contribution in [0.1, 0.15) is 6.42 Å². The molecule has 0 aromatic heterocycles. The first kappa shape index (κ1) is 9.34. The van der Waals surface area contributed by atoms with Crippen molar-refractivity contribution in [2.45, 2.75) is 12.8 Å². The van der Waals surface area contributed by atoms with E-state index in [4.69, 9.17) is 4.74 Å². The molecule has 0 amide bonds. The molecule has 2 heterocycles. The Balaban J connectivity index is 2.08. The quantitative estimate of drug-likeness (QED) is 0.618. The van der Waals surface area contributed by atoms with E-state index in [0.29, 0.717) is 19.6 Å². The van der Waals surface area contributed by atoms with Gasteiger partial charge in [0.2, 0.25) is 6.43 Å². The van der Waals surface area contributed by atoms with Crippen molar-refractivity contribution in [1.29, 1.82) is 0 Å². The Bertz CT molecular complexity index is 194. The maximum Gasteiger partial charge on any atom is 0.242 e. The fourth-order valence-corrected chi connectivity index (χ4v) is 2.46. The molecule has 2 rings (SSSR count). The van der Waals surface area contributed by atoms with E-state index >= 15 is 0 Å². The molecule has 13 heavy (non-hydrogen) atoms. The molecule has 2 aliphatic rings. The van der Waals surface area contributed by atoms with Gasteiger partial charge in [-0.05, 0) is 20.0 Å². The van der Waals surface area contributed by atoms with Crippen molar-refractivity contribution in [3.63, 3.8) is 0 Å². The fourth-order valence-electron chi connectivity index (χ4n) is 2.46. The Hall–Kier alpha value is -0.220. The number of nitrogens with zero attached hydrogens (tertiary/aromatic N) is 1. The van der Waals surface area contributed by atoms with E-state index in [1.54, 1.807) is 0 Å². The van der Waals surface area contributed by atoms with Crippen LogP contribution in [0.5, 0.6) is 0 Å². The van der Waals surface area contributed by atoms with Crippen LogP contribution < -0.4 is 0 Å². The van der Waals surface area contributed by atoms with Crippen LogP contribution in [0.15, 0.2) is 0 Å². The third kappa shape index (κ3) is 1.46. The molecule has 0 unspecified atom stereocenters. The minimum atomic E-state index is -2.18. The predicted molar refractivity (Wildman–Crippen MR) is 44.9 cm³/mol. The first-order valence-corrected chi connectivity index (χ1v) is 4.68. The molecule has 1 atom stereocenters. The Kier molecular flexibility index (Phi) is 2.28. The summed E-state index contributed by atoms with van der Waals surface area (Å²) in [6, 6.07) is 0. The molecule has 2 nitrogen and oxygen atoms in total. The largest absolute Gasteiger partial charge is 0.380 e. The average molecular weight is 191 g/mol. The van der Waals surface area contributed by atoms with E-state index in [0.717, 1.165) is 13.1 Å². The van der Waals surface area contributed by atoms with Crippen LogP contribution in [0, 0.1) is 11.3 Å². The van der Waals surface area contributed by atoms with Gasteiger partial charge in [-0.25, -0.2) is 8.78 Å². The van der Waals surface area contributed by atoms with E-state index < -0.39 is 12.3 Å². The first-order valence-electron chi connectivity index (χ1n) is 4.68. The molecule has 0 saturated carbocycles. The smallest absolute Gasteiger partial charge is 0.242 e. The van der Waals surface area contributed by atoms with Gasteiger partial charge < -0.3 is 9.64 Å². The van der Waals surface area contributed by atoms with Crippen LogP contribution in [0.4, 0.5) is 8.78 Å². The standard InChI is InChI=1S/C9H15F2NO/c1-12-3-2-7(8(10)11)9(4-12)5-13-6-9/h7-8H,2-6H2,1H3/t7-/m0/s1. The number of halogens is 2. The highest BCUT2D eigenvalue weighted by Gasteiger charge is 2.51. The molecule has 0 bridgehead atoms. The molecule has 0 N–H and O–H groups in total. The maximum absolute atomic E-state index is 12.7. The van der Waals surface area contributed by atoms with Crippen molar-refractivity contribution in [3.8, 4) is 0 Å². The van der Waals surface area contributed by atoms with Gasteiger partial charge in [0.05, 0.1) is 13.2 Å². The molecule has 0 radical (unpaired) electrons. The Morgan fingerprint density at radius 2 is 2.15 bits per heavy atom. The predicted octanol–water partition coefficient (Wildman–Crippen LogP) is 1.22. The summed E-state index contributed by atoms with van der Waals surface area (Å²) in [5.41, 5.74) is -0.235. The van der Waals surface area contributed by atoms with Crippen molar-refractivity contribution in [1.82, 2.24) is 4.90 Å². The number of likely N-dealkylation sites (tertiary alicyclic amines) is 1. The van der Waals surface area contributed by atoms with Gasteiger partial charge in [-0.3, -0.25) is 0 Å². The van der Waals surface area contributed by atoms with Crippen molar-refractivity contribution < 1.29 is 13.5 Å². The van der Waals surface area contributed by atoms with Crippen molar-refractivity contribution in [2.75, 3.05) is 33.4 Å². The van der Waals surface area contributed by atoms with Crippen LogP contribution in [0.2, 0.25) is 0 Å². The second-order valence-electron chi connectivity index (χ2n) is 4.32. The monoisotopic (exact) mass is 191 g/mol. The molecule has 76 valence electrons. The van der Waals surface area contributed by atoms with Gasteiger partial charge in [-0.15, -0.1) is 0 Å². The van der Waals surface area contributed by atoms with Gasteiger partial charge in [0, 0.05) is 17.9 Å². The summed E-state index contributed by atoms with van der Waals surface area (Å²) >= 11 is 0. The van der Waals surface area contributed by atoms with Crippen LogP contribution in [-0.4, -0.2) is 44.7 Å².